The highest BCUT2D eigenvalue weighted by atomic mass is 19.1. The number of piperidine rings is 1. The summed E-state index contributed by atoms with van der Waals surface area (Å²) in [5.74, 6) is -0.234. The summed E-state index contributed by atoms with van der Waals surface area (Å²) in [7, 11) is 0. The van der Waals surface area contributed by atoms with E-state index in [1.807, 2.05) is 6.92 Å². The van der Waals surface area contributed by atoms with E-state index < -0.39 is 0 Å². The number of amides is 1. The summed E-state index contributed by atoms with van der Waals surface area (Å²) < 4.78 is 19.3. The van der Waals surface area contributed by atoms with Crippen molar-refractivity contribution in [3.8, 4) is 0 Å². The Morgan fingerprint density at radius 1 is 1.26 bits per heavy atom. The minimum absolute atomic E-state index is 0.130. The molecule has 1 amide bonds. The summed E-state index contributed by atoms with van der Waals surface area (Å²) in [6, 6.07) is 4.59. The maximum Gasteiger partial charge on any atom is 0.289 e. The highest BCUT2D eigenvalue weighted by Gasteiger charge is 2.22. The minimum Gasteiger partial charge on any atom is -0.451 e. The van der Waals surface area contributed by atoms with E-state index in [1.54, 1.807) is 11.0 Å². The van der Waals surface area contributed by atoms with Gasteiger partial charge >= 0.3 is 0 Å². The zero-order chi connectivity index (χ0) is 13.4. The Labute approximate surface area is 111 Å². The van der Waals surface area contributed by atoms with Gasteiger partial charge in [-0.1, -0.05) is 6.07 Å². The van der Waals surface area contributed by atoms with E-state index in [0.29, 0.717) is 11.0 Å². The molecule has 1 aromatic heterocycles. The number of fused-ring (bicyclic) bond motifs is 1. The Kier molecular flexibility index (Phi) is 3.01. The summed E-state index contributed by atoms with van der Waals surface area (Å²) in [5, 5.41) is 0.389. The van der Waals surface area contributed by atoms with Crippen LogP contribution in [0, 0.1) is 12.7 Å². The molecule has 1 aliphatic heterocycles. The fourth-order valence-electron chi connectivity index (χ4n) is 2.58. The SMILES string of the molecule is Cc1ccc(F)c2cc(C(=O)N3CCCCC3)oc12. The molecule has 0 radical (unpaired) electrons. The Morgan fingerprint density at radius 2 is 2.00 bits per heavy atom. The number of aryl methyl sites for hydroxylation is 1. The van der Waals surface area contributed by atoms with Crippen molar-refractivity contribution in [3.05, 3.63) is 35.3 Å². The molecule has 1 saturated heterocycles. The lowest BCUT2D eigenvalue weighted by Crippen LogP contribution is -2.35. The van der Waals surface area contributed by atoms with Gasteiger partial charge in [0.05, 0.1) is 5.39 Å². The lowest BCUT2D eigenvalue weighted by atomic mass is 10.1. The lowest BCUT2D eigenvalue weighted by molar-refractivity contribution is 0.0694. The van der Waals surface area contributed by atoms with Crippen LogP contribution in [0.25, 0.3) is 11.0 Å². The quantitative estimate of drug-likeness (QED) is 0.787. The van der Waals surface area contributed by atoms with Gasteiger partial charge in [-0.3, -0.25) is 4.79 Å². The largest absolute Gasteiger partial charge is 0.451 e. The second-order valence-corrected chi connectivity index (χ2v) is 5.07. The van der Waals surface area contributed by atoms with Gasteiger partial charge in [0.2, 0.25) is 0 Å². The number of rotatable bonds is 1. The van der Waals surface area contributed by atoms with Crippen molar-refractivity contribution in [2.24, 2.45) is 0 Å². The van der Waals surface area contributed by atoms with Crippen LogP contribution in [-0.2, 0) is 0 Å². The van der Waals surface area contributed by atoms with Crippen molar-refractivity contribution < 1.29 is 13.6 Å². The fraction of sp³-hybridized carbons (Fsp3) is 0.400. The van der Waals surface area contributed by atoms with Gasteiger partial charge in [-0.2, -0.15) is 0 Å². The molecule has 0 bridgehead atoms. The number of hydrogen-bond acceptors (Lipinski definition) is 2. The van der Waals surface area contributed by atoms with Crippen LogP contribution in [0.15, 0.2) is 22.6 Å². The van der Waals surface area contributed by atoms with Crippen molar-refractivity contribution in [2.45, 2.75) is 26.2 Å². The predicted octanol–water partition coefficient (Wildman–Crippen LogP) is 3.51. The van der Waals surface area contributed by atoms with E-state index in [2.05, 4.69) is 0 Å². The third-order valence-corrected chi connectivity index (χ3v) is 3.68. The lowest BCUT2D eigenvalue weighted by Gasteiger charge is -2.25. The van der Waals surface area contributed by atoms with Crippen LogP contribution < -0.4 is 0 Å². The van der Waals surface area contributed by atoms with Gasteiger partial charge in [0.25, 0.3) is 5.91 Å². The summed E-state index contributed by atoms with van der Waals surface area (Å²) in [4.78, 5) is 14.1. The van der Waals surface area contributed by atoms with Crippen LogP contribution in [0.2, 0.25) is 0 Å². The van der Waals surface area contributed by atoms with Gasteiger partial charge in [0.15, 0.2) is 5.76 Å². The molecule has 2 heterocycles. The molecule has 19 heavy (non-hydrogen) atoms. The summed E-state index contributed by atoms with van der Waals surface area (Å²) in [6.45, 7) is 3.37. The summed E-state index contributed by atoms with van der Waals surface area (Å²) in [5.41, 5.74) is 1.31. The Bertz CT molecular complexity index is 587. The molecule has 0 atom stereocenters. The molecule has 1 aromatic carbocycles. The Morgan fingerprint density at radius 3 is 2.68 bits per heavy atom. The predicted molar refractivity (Wildman–Crippen MR) is 70.7 cm³/mol. The zero-order valence-corrected chi connectivity index (χ0v) is 10.9. The average molecular weight is 261 g/mol. The second kappa shape index (κ2) is 4.68. The van der Waals surface area contributed by atoms with Crippen LogP contribution in [0.5, 0.6) is 0 Å². The van der Waals surface area contributed by atoms with Crippen molar-refractivity contribution in [2.75, 3.05) is 13.1 Å². The van der Waals surface area contributed by atoms with Crippen molar-refractivity contribution >= 4 is 16.9 Å². The first-order valence-corrected chi connectivity index (χ1v) is 6.65. The fourth-order valence-corrected chi connectivity index (χ4v) is 2.58. The first-order chi connectivity index (χ1) is 9.16. The summed E-state index contributed by atoms with van der Waals surface area (Å²) >= 11 is 0. The average Bonchev–Trinajstić information content (AvgIpc) is 2.89. The van der Waals surface area contributed by atoms with Crippen molar-refractivity contribution in [1.82, 2.24) is 4.90 Å². The number of likely N-dealkylation sites (tertiary alicyclic amines) is 1. The monoisotopic (exact) mass is 261 g/mol. The molecular weight excluding hydrogens is 245 g/mol. The topological polar surface area (TPSA) is 33.5 Å². The molecule has 0 N–H and O–H groups in total. The van der Waals surface area contributed by atoms with Gasteiger partial charge in [-0.25, -0.2) is 4.39 Å². The second-order valence-electron chi connectivity index (χ2n) is 5.07. The molecule has 1 aliphatic rings. The first-order valence-electron chi connectivity index (χ1n) is 6.65. The molecule has 0 unspecified atom stereocenters. The van der Waals surface area contributed by atoms with Crippen LogP contribution in [0.3, 0.4) is 0 Å². The Hall–Kier alpha value is -1.84. The van der Waals surface area contributed by atoms with E-state index in [1.165, 1.54) is 12.1 Å². The standard InChI is InChI=1S/C15H16FNO2/c1-10-5-6-12(16)11-9-13(19-14(10)11)15(18)17-7-3-2-4-8-17/h5-6,9H,2-4,7-8H2,1H3. The first kappa shape index (κ1) is 12.2. The van der Waals surface area contributed by atoms with E-state index in [-0.39, 0.29) is 17.5 Å². The van der Waals surface area contributed by atoms with Crippen LogP contribution in [0.1, 0.15) is 35.4 Å². The van der Waals surface area contributed by atoms with Crippen LogP contribution in [0.4, 0.5) is 4.39 Å². The van der Waals surface area contributed by atoms with Crippen LogP contribution in [-0.4, -0.2) is 23.9 Å². The van der Waals surface area contributed by atoms with Gasteiger partial charge in [-0.05, 0) is 37.8 Å². The van der Waals surface area contributed by atoms with Gasteiger partial charge in [0, 0.05) is 19.2 Å². The molecule has 0 spiro atoms. The molecule has 1 fully saturated rings. The molecule has 0 saturated carbocycles. The minimum atomic E-state index is -0.345. The number of furan rings is 1. The maximum atomic E-state index is 13.7. The van der Waals surface area contributed by atoms with Gasteiger partial charge in [0.1, 0.15) is 11.4 Å². The van der Waals surface area contributed by atoms with E-state index in [4.69, 9.17) is 4.42 Å². The summed E-state index contributed by atoms with van der Waals surface area (Å²) in [6.07, 6.45) is 3.22. The van der Waals surface area contributed by atoms with E-state index >= 15 is 0 Å². The van der Waals surface area contributed by atoms with Crippen molar-refractivity contribution in [1.29, 1.82) is 0 Å². The molecule has 3 rings (SSSR count). The number of hydrogen-bond donors (Lipinski definition) is 0. The molecule has 0 aliphatic carbocycles. The normalized spacial score (nSPS) is 16.0. The van der Waals surface area contributed by atoms with E-state index in [9.17, 15) is 9.18 Å². The van der Waals surface area contributed by atoms with Gasteiger partial charge in [-0.15, -0.1) is 0 Å². The smallest absolute Gasteiger partial charge is 0.289 e. The number of carbonyl (C=O) groups is 1. The number of benzene rings is 1. The number of carbonyl (C=O) groups excluding carboxylic acids is 1. The third kappa shape index (κ3) is 2.11. The Balaban J connectivity index is 1.99. The molecule has 4 heteroatoms. The van der Waals surface area contributed by atoms with Crippen molar-refractivity contribution in [3.63, 3.8) is 0 Å². The molecule has 2 aromatic rings. The number of halogens is 1. The highest BCUT2D eigenvalue weighted by Crippen LogP contribution is 2.26. The maximum absolute atomic E-state index is 13.7. The zero-order valence-electron chi connectivity index (χ0n) is 10.9. The highest BCUT2D eigenvalue weighted by molar-refractivity contribution is 5.96. The van der Waals surface area contributed by atoms with Crippen LogP contribution >= 0.6 is 0 Å². The third-order valence-electron chi connectivity index (χ3n) is 3.68. The molecule has 3 nitrogen and oxygen atoms in total. The number of nitrogens with zero attached hydrogens (tertiary/aromatic N) is 1. The molecular formula is C15H16FNO2. The van der Waals surface area contributed by atoms with E-state index in [0.717, 1.165) is 37.9 Å². The van der Waals surface area contributed by atoms with Gasteiger partial charge < -0.3 is 9.32 Å². The molecule has 100 valence electrons.